The molecule has 3 heterocycles. The lowest BCUT2D eigenvalue weighted by atomic mass is 9.54. The number of ether oxygens (including phenoxy) is 1. The van der Waals surface area contributed by atoms with E-state index in [9.17, 15) is 18.0 Å². The molecule has 2 amide bonds. The molecule has 1 aliphatic carbocycles. The van der Waals surface area contributed by atoms with Crippen molar-refractivity contribution in [3.8, 4) is 0 Å². The Morgan fingerprint density at radius 3 is 2.73 bits per heavy atom. The molecule has 3 aliphatic heterocycles. The van der Waals surface area contributed by atoms with Crippen molar-refractivity contribution >= 4 is 27.5 Å². The Bertz CT molecular complexity index is 1000. The summed E-state index contributed by atoms with van der Waals surface area (Å²) in [5.41, 5.74) is -0.111. The van der Waals surface area contributed by atoms with E-state index >= 15 is 0 Å². The van der Waals surface area contributed by atoms with Crippen molar-refractivity contribution in [3.05, 3.63) is 42.2 Å². The zero-order valence-corrected chi connectivity index (χ0v) is 15.2. The van der Waals surface area contributed by atoms with Crippen molar-refractivity contribution in [2.45, 2.75) is 42.6 Å². The van der Waals surface area contributed by atoms with E-state index in [-0.39, 0.29) is 12.5 Å². The fourth-order valence-corrected chi connectivity index (χ4v) is 8.01. The lowest BCUT2D eigenvalue weighted by Crippen LogP contribution is -2.81. The molecule has 0 aromatic heterocycles. The molecule has 1 saturated carbocycles. The summed E-state index contributed by atoms with van der Waals surface area (Å²) in [5.74, 6) is -1.37. The third kappa shape index (κ3) is 1.23. The van der Waals surface area contributed by atoms with E-state index in [0.29, 0.717) is 12.1 Å². The van der Waals surface area contributed by atoms with Crippen molar-refractivity contribution < 1.29 is 22.7 Å². The van der Waals surface area contributed by atoms with Crippen molar-refractivity contribution in [1.29, 1.82) is 0 Å². The van der Waals surface area contributed by atoms with Crippen LogP contribution in [0.3, 0.4) is 0 Å². The Morgan fingerprint density at radius 1 is 1.31 bits per heavy atom. The first-order valence-corrected chi connectivity index (χ1v) is 10.1. The summed E-state index contributed by atoms with van der Waals surface area (Å²) >= 11 is 0. The number of nitrogens with zero attached hydrogens (tertiary/aromatic N) is 2. The topological polar surface area (TPSA) is 84.0 Å². The van der Waals surface area contributed by atoms with E-state index in [1.807, 2.05) is 19.1 Å². The van der Waals surface area contributed by atoms with Gasteiger partial charge < -0.3 is 4.74 Å². The Balaban J connectivity index is 1.86. The molecule has 8 heteroatoms. The number of fused-ring (bicyclic) bond motifs is 3. The molecule has 2 fully saturated rings. The molecule has 136 valence electrons. The molecule has 4 atom stereocenters. The van der Waals surface area contributed by atoms with Gasteiger partial charge >= 0.3 is 0 Å². The fourth-order valence-electron chi connectivity index (χ4n) is 5.45. The fraction of sp³-hybridized carbons (Fsp3) is 0.444. The highest BCUT2D eigenvalue weighted by Crippen LogP contribution is 2.73. The standard InChI is InChI=1S/C18H18N2O5S/c1-3-9-19-16(22)18-14(15-17(18,8-10-25-15)26(19,23)24)12-6-4-5-7-13(12)20(18)11(2)21/h4-8,10,14-15H,3,9H2,1-2H3. The van der Waals surface area contributed by atoms with Gasteiger partial charge in [-0.25, -0.2) is 12.7 Å². The van der Waals surface area contributed by atoms with Crippen molar-refractivity contribution in [3.63, 3.8) is 0 Å². The number of para-hydroxylation sites is 1. The molecule has 0 radical (unpaired) electrons. The second-order valence-corrected chi connectivity index (χ2v) is 9.26. The van der Waals surface area contributed by atoms with Gasteiger partial charge in [-0.1, -0.05) is 25.1 Å². The maximum atomic E-state index is 13.6. The molecule has 1 aromatic carbocycles. The van der Waals surface area contributed by atoms with Gasteiger partial charge in [0.25, 0.3) is 15.9 Å². The zero-order valence-electron chi connectivity index (χ0n) is 14.4. The van der Waals surface area contributed by atoms with Crippen LogP contribution in [0.4, 0.5) is 5.69 Å². The van der Waals surface area contributed by atoms with Gasteiger partial charge in [-0.2, -0.15) is 0 Å². The predicted molar refractivity (Wildman–Crippen MR) is 92.7 cm³/mol. The van der Waals surface area contributed by atoms with Gasteiger partial charge in [0.2, 0.25) is 5.91 Å². The van der Waals surface area contributed by atoms with Crippen LogP contribution in [0.15, 0.2) is 36.6 Å². The first-order chi connectivity index (χ1) is 12.4. The molecule has 26 heavy (non-hydrogen) atoms. The summed E-state index contributed by atoms with van der Waals surface area (Å²) in [6.07, 6.45) is 2.64. The molecule has 2 spiro atoms. The Morgan fingerprint density at radius 2 is 2.04 bits per heavy atom. The van der Waals surface area contributed by atoms with Crippen LogP contribution >= 0.6 is 0 Å². The first kappa shape index (κ1) is 15.9. The number of rotatable bonds is 2. The van der Waals surface area contributed by atoms with Crippen LogP contribution in [0.5, 0.6) is 0 Å². The van der Waals surface area contributed by atoms with Crippen molar-refractivity contribution in [1.82, 2.24) is 4.31 Å². The lowest BCUT2D eigenvalue weighted by molar-refractivity contribution is -0.142. The molecule has 1 saturated heterocycles. The van der Waals surface area contributed by atoms with Crippen LogP contribution in [0.1, 0.15) is 31.7 Å². The monoisotopic (exact) mass is 374 g/mol. The number of anilines is 1. The first-order valence-electron chi connectivity index (χ1n) is 8.67. The minimum atomic E-state index is -4.01. The van der Waals surface area contributed by atoms with E-state index in [2.05, 4.69) is 0 Å². The molecule has 1 aromatic rings. The van der Waals surface area contributed by atoms with Gasteiger partial charge in [-0.15, -0.1) is 0 Å². The summed E-state index contributed by atoms with van der Waals surface area (Å²) in [7, 11) is -4.01. The highest BCUT2D eigenvalue weighted by atomic mass is 32.2. The van der Waals surface area contributed by atoms with E-state index < -0.39 is 38.2 Å². The van der Waals surface area contributed by atoms with Crippen molar-refractivity contribution in [2.24, 2.45) is 0 Å². The molecule has 5 rings (SSSR count). The Labute approximate surface area is 151 Å². The molecule has 0 N–H and O–H groups in total. The second-order valence-electron chi connectivity index (χ2n) is 7.19. The SMILES string of the molecule is CCCN1C(=O)C23C(c4ccccc4N2C(C)=O)C2OC=CC23S1(=O)=O. The van der Waals surface area contributed by atoms with Gasteiger partial charge in [0.15, 0.2) is 10.3 Å². The van der Waals surface area contributed by atoms with E-state index in [4.69, 9.17) is 4.74 Å². The van der Waals surface area contributed by atoms with E-state index in [0.717, 1.165) is 9.87 Å². The van der Waals surface area contributed by atoms with E-state index in [1.165, 1.54) is 24.2 Å². The third-order valence-electron chi connectivity index (χ3n) is 6.19. The number of carbonyl (C=O) groups excluding carboxylic acids is 2. The van der Waals surface area contributed by atoms with Crippen LogP contribution in [0.2, 0.25) is 0 Å². The highest BCUT2D eigenvalue weighted by molar-refractivity contribution is 7.92. The molecular weight excluding hydrogens is 356 g/mol. The van der Waals surface area contributed by atoms with E-state index in [1.54, 1.807) is 12.1 Å². The molecular formula is C18H18N2O5S. The second kappa shape index (κ2) is 4.49. The Hall–Kier alpha value is -2.35. The van der Waals surface area contributed by atoms with Gasteiger partial charge in [0, 0.05) is 19.2 Å². The van der Waals surface area contributed by atoms with Gasteiger partial charge in [-0.05, 0) is 24.1 Å². The number of hydrogen-bond acceptors (Lipinski definition) is 5. The van der Waals surface area contributed by atoms with Gasteiger partial charge in [-0.3, -0.25) is 14.5 Å². The third-order valence-corrected chi connectivity index (χ3v) is 8.65. The molecule has 4 aliphatic rings. The van der Waals surface area contributed by atoms with Crippen LogP contribution in [0.25, 0.3) is 0 Å². The minimum Gasteiger partial charge on any atom is -0.495 e. The minimum absolute atomic E-state index is 0.0973. The van der Waals surface area contributed by atoms with Crippen LogP contribution in [-0.2, 0) is 24.3 Å². The number of sulfonamides is 1. The van der Waals surface area contributed by atoms with Crippen molar-refractivity contribution in [2.75, 3.05) is 11.4 Å². The zero-order chi connectivity index (χ0) is 18.5. The maximum Gasteiger partial charge on any atom is 0.265 e. The number of amides is 2. The number of hydrogen-bond donors (Lipinski definition) is 0. The van der Waals surface area contributed by atoms with Crippen LogP contribution in [0, 0.1) is 0 Å². The molecule has 7 nitrogen and oxygen atoms in total. The summed E-state index contributed by atoms with van der Waals surface area (Å²) in [6.45, 7) is 3.29. The predicted octanol–water partition coefficient (Wildman–Crippen LogP) is 1.12. The largest absolute Gasteiger partial charge is 0.495 e. The highest BCUT2D eigenvalue weighted by Gasteiger charge is 2.93. The van der Waals surface area contributed by atoms with Gasteiger partial charge in [0.1, 0.15) is 6.10 Å². The average molecular weight is 374 g/mol. The maximum absolute atomic E-state index is 13.6. The summed E-state index contributed by atoms with van der Waals surface area (Å²) in [4.78, 5) is 27.6. The smallest absolute Gasteiger partial charge is 0.265 e. The lowest BCUT2D eigenvalue weighted by Gasteiger charge is -2.56. The molecule has 0 bridgehead atoms. The molecule has 4 unspecified atom stereocenters. The Kier molecular flexibility index (Phi) is 2.74. The number of benzene rings is 1. The summed E-state index contributed by atoms with van der Waals surface area (Å²) in [6, 6.07) is 7.22. The van der Waals surface area contributed by atoms with Crippen LogP contribution < -0.4 is 4.90 Å². The summed E-state index contributed by atoms with van der Waals surface area (Å²) in [5, 5.41) is 0. The summed E-state index contributed by atoms with van der Waals surface area (Å²) < 4.78 is 32.0. The quantitative estimate of drug-likeness (QED) is 0.775. The normalized spacial score (nSPS) is 37.5. The van der Waals surface area contributed by atoms with Crippen LogP contribution in [-0.4, -0.2) is 47.5 Å². The van der Waals surface area contributed by atoms with Gasteiger partial charge in [0.05, 0.1) is 12.2 Å². The number of carbonyl (C=O) groups is 2. The average Bonchev–Trinajstić information content (AvgIpc) is 3.12.